The highest BCUT2D eigenvalue weighted by Crippen LogP contribution is 2.34. The smallest absolute Gasteiger partial charge is 0.141 e. The molecule has 20 heavy (non-hydrogen) atoms. The summed E-state index contributed by atoms with van der Waals surface area (Å²) in [5.74, 6) is -0.473. The van der Waals surface area contributed by atoms with Crippen LogP contribution in [0.2, 0.25) is 0 Å². The van der Waals surface area contributed by atoms with Crippen LogP contribution in [-0.2, 0) is 0 Å². The molecule has 0 saturated heterocycles. The van der Waals surface area contributed by atoms with E-state index in [1.54, 1.807) is 17.4 Å². The molecule has 0 atom stereocenters. The van der Waals surface area contributed by atoms with E-state index in [-0.39, 0.29) is 5.56 Å². The van der Waals surface area contributed by atoms with Crippen LogP contribution in [-0.4, -0.2) is 0 Å². The molecule has 0 aliphatic carbocycles. The summed E-state index contributed by atoms with van der Waals surface area (Å²) in [5.41, 5.74) is 2.03. The van der Waals surface area contributed by atoms with Gasteiger partial charge in [0.1, 0.15) is 11.9 Å². The van der Waals surface area contributed by atoms with Crippen LogP contribution in [0.1, 0.15) is 5.56 Å². The highest BCUT2D eigenvalue weighted by Gasteiger charge is 2.08. The minimum Gasteiger partial charge on any atom is -0.206 e. The van der Waals surface area contributed by atoms with Crippen LogP contribution in [0.4, 0.5) is 4.39 Å². The van der Waals surface area contributed by atoms with Crippen LogP contribution >= 0.6 is 11.3 Å². The molecule has 0 amide bonds. The van der Waals surface area contributed by atoms with Gasteiger partial charge in [0.25, 0.3) is 0 Å². The summed E-state index contributed by atoms with van der Waals surface area (Å²) in [7, 11) is 0. The zero-order valence-electron chi connectivity index (χ0n) is 10.5. The summed E-state index contributed by atoms with van der Waals surface area (Å²) in [4.78, 5) is 2.14. The second-order valence-corrected chi connectivity index (χ2v) is 5.42. The van der Waals surface area contributed by atoms with E-state index in [0.717, 1.165) is 20.9 Å². The number of nitriles is 1. The summed E-state index contributed by atoms with van der Waals surface area (Å²) in [6, 6.07) is 20.6. The van der Waals surface area contributed by atoms with Crippen LogP contribution in [0.25, 0.3) is 20.9 Å². The quantitative estimate of drug-likeness (QED) is 0.640. The van der Waals surface area contributed by atoms with Crippen LogP contribution in [0, 0.1) is 17.1 Å². The molecule has 2 aromatic carbocycles. The molecule has 0 bridgehead atoms. The molecule has 0 N–H and O–H groups in total. The first-order valence-corrected chi connectivity index (χ1v) is 6.95. The Bertz CT molecular complexity index is 784. The van der Waals surface area contributed by atoms with Gasteiger partial charge in [0.05, 0.1) is 5.56 Å². The van der Waals surface area contributed by atoms with Crippen molar-refractivity contribution in [2.24, 2.45) is 0 Å². The van der Waals surface area contributed by atoms with Crippen molar-refractivity contribution >= 4 is 11.3 Å². The maximum Gasteiger partial charge on any atom is 0.141 e. The Hall–Kier alpha value is -2.44. The summed E-state index contributed by atoms with van der Waals surface area (Å²) in [5, 5.41) is 8.75. The van der Waals surface area contributed by atoms with E-state index in [1.807, 2.05) is 36.4 Å². The van der Waals surface area contributed by atoms with Gasteiger partial charge in [-0.05, 0) is 35.4 Å². The van der Waals surface area contributed by atoms with E-state index in [1.165, 1.54) is 12.1 Å². The predicted octanol–water partition coefficient (Wildman–Crippen LogP) is 5.09. The van der Waals surface area contributed by atoms with Gasteiger partial charge < -0.3 is 0 Å². The third-order valence-electron chi connectivity index (χ3n) is 3.04. The van der Waals surface area contributed by atoms with Crippen molar-refractivity contribution in [3.63, 3.8) is 0 Å². The molecule has 0 spiro atoms. The van der Waals surface area contributed by atoms with E-state index in [9.17, 15) is 4.39 Å². The van der Waals surface area contributed by atoms with Gasteiger partial charge >= 0.3 is 0 Å². The standard InChI is InChI=1S/C17H10FNS/c18-15-10-13(6-7-14(15)11-19)17-9-8-16(20-17)12-4-2-1-3-5-12/h1-10H. The highest BCUT2D eigenvalue weighted by atomic mass is 32.1. The van der Waals surface area contributed by atoms with E-state index in [4.69, 9.17) is 5.26 Å². The van der Waals surface area contributed by atoms with Crippen molar-refractivity contribution in [3.05, 3.63) is 72.0 Å². The Morgan fingerprint density at radius 3 is 2.20 bits per heavy atom. The number of benzene rings is 2. The van der Waals surface area contributed by atoms with E-state index < -0.39 is 5.82 Å². The second-order valence-electron chi connectivity index (χ2n) is 4.34. The molecule has 1 nitrogen and oxygen atoms in total. The molecule has 3 heteroatoms. The van der Waals surface area contributed by atoms with Gasteiger partial charge in [0, 0.05) is 9.75 Å². The molecule has 1 heterocycles. The average Bonchev–Trinajstić information content (AvgIpc) is 2.98. The molecule has 0 aliphatic rings. The summed E-state index contributed by atoms with van der Waals surface area (Å²) in [6.07, 6.45) is 0. The monoisotopic (exact) mass is 279 g/mol. The van der Waals surface area contributed by atoms with Crippen LogP contribution in [0.15, 0.2) is 60.7 Å². The first-order chi connectivity index (χ1) is 9.78. The van der Waals surface area contributed by atoms with Gasteiger partial charge in [-0.2, -0.15) is 5.26 Å². The normalized spacial score (nSPS) is 10.2. The van der Waals surface area contributed by atoms with Gasteiger partial charge in [0.2, 0.25) is 0 Å². The van der Waals surface area contributed by atoms with Crippen molar-refractivity contribution in [1.82, 2.24) is 0 Å². The van der Waals surface area contributed by atoms with Crippen molar-refractivity contribution in [1.29, 1.82) is 5.26 Å². The predicted molar refractivity (Wildman–Crippen MR) is 79.9 cm³/mol. The zero-order chi connectivity index (χ0) is 13.9. The minimum absolute atomic E-state index is 0.0774. The van der Waals surface area contributed by atoms with Crippen molar-refractivity contribution < 1.29 is 4.39 Å². The van der Waals surface area contributed by atoms with Gasteiger partial charge in [-0.3, -0.25) is 0 Å². The SMILES string of the molecule is N#Cc1ccc(-c2ccc(-c3ccccc3)s2)cc1F. The lowest BCUT2D eigenvalue weighted by Gasteiger charge is -1.99. The minimum atomic E-state index is -0.473. The number of halogens is 1. The Morgan fingerprint density at radius 1 is 0.850 bits per heavy atom. The fraction of sp³-hybridized carbons (Fsp3) is 0. The van der Waals surface area contributed by atoms with Gasteiger partial charge in [-0.25, -0.2) is 4.39 Å². The summed E-state index contributed by atoms with van der Waals surface area (Å²) >= 11 is 1.61. The number of hydrogen-bond donors (Lipinski definition) is 0. The van der Waals surface area contributed by atoms with E-state index >= 15 is 0 Å². The third kappa shape index (κ3) is 2.34. The molecule has 0 unspecified atom stereocenters. The molecule has 0 radical (unpaired) electrons. The first-order valence-electron chi connectivity index (χ1n) is 6.13. The Labute approximate surface area is 120 Å². The molecule has 0 saturated carbocycles. The molecule has 1 aromatic heterocycles. The zero-order valence-corrected chi connectivity index (χ0v) is 11.3. The lowest BCUT2D eigenvalue weighted by molar-refractivity contribution is 0.624. The Morgan fingerprint density at radius 2 is 1.55 bits per heavy atom. The molecular formula is C17H10FNS. The number of hydrogen-bond acceptors (Lipinski definition) is 2. The fourth-order valence-electron chi connectivity index (χ4n) is 2.01. The summed E-state index contributed by atoms with van der Waals surface area (Å²) < 4.78 is 13.6. The fourth-order valence-corrected chi connectivity index (χ4v) is 3.02. The van der Waals surface area contributed by atoms with Crippen LogP contribution in [0.5, 0.6) is 0 Å². The van der Waals surface area contributed by atoms with Crippen molar-refractivity contribution in [3.8, 4) is 27.0 Å². The van der Waals surface area contributed by atoms with Gasteiger partial charge in [-0.1, -0.05) is 36.4 Å². The van der Waals surface area contributed by atoms with Gasteiger partial charge in [-0.15, -0.1) is 11.3 Å². The molecule has 3 aromatic rings. The number of rotatable bonds is 2. The Kier molecular flexibility index (Phi) is 3.32. The molecule has 3 rings (SSSR count). The van der Waals surface area contributed by atoms with Crippen molar-refractivity contribution in [2.75, 3.05) is 0 Å². The largest absolute Gasteiger partial charge is 0.206 e. The second kappa shape index (κ2) is 5.28. The molecule has 0 aliphatic heterocycles. The van der Waals surface area contributed by atoms with Crippen LogP contribution < -0.4 is 0 Å². The number of thiophene rings is 1. The van der Waals surface area contributed by atoms with E-state index in [0.29, 0.717) is 0 Å². The maximum absolute atomic E-state index is 13.6. The highest BCUT2D eigenvalue weighted by molar-refractivity contribution is 7.18. The lowest BCUT2D eigenvalue weighted by Crippen LogP contribution is -1.83. The molecule has 0 fully saturated rings. The Balaban J connectivity index is 1.99. The maximum atomic E-state index is 13.6. The average molecular weight is 279 g/mol. The van der Waals surface area contributed by atoms with Crippen LogP contribution in [0.3, 0.4) is 0 Å². The topological polar surface area (TPSA) is 23.8 Å². The first kappa shape index (κ1) is 12.6. The van der Waals surface area contributed by atoms with E-state index in [2.05, 4.69) is 12.1 Å². The van der Waals surface area contributed by atoms with Crippen molar-refractivity contribution in [2.45, 2.75) is 0 Å². The lowest BCUT2D eigenvalue weighted by atomic mass is 10.1. The van der Waals surface area contributed by atoms with Gasteiger partial charge in [0.15, 0.2) is 0 Å². The molecule has 96 valence electrons. The molecular weight excluding hydrogens is 269 g/mol. The summed E-state index contributed by atoms with van der Waals surface area (Å²) in [6.45, 7) is 0. The number of nitrogens with zero attached hydrogens (tertiary/aromatic N) is 1. The third-order valence-corrected chi connectivity index (χ3v) is 4.22.